The van der Waals surface area contributed by atoms with Gasteiger partial charge in [0.15, 0.2) is 0 Å². The first-order valence-corrected chi connectivity index (χ1v) is 8.70. The maximum atomic E-state index is 2.42. The summed E-state index contributed by atoms with van der Waals surface area (Å²) in [5, 5.41) is 0. The van der Waals surface area contributed by atoms with Gasteiger partial charge in [-0.1, -0.05) is 0 Å². The van der Waals surface area contributed by atoms with E-state index in [1.54, 1.807) is 0 Å². The minimum atomic E-state index is 1.17. The van der Waals surface area contributed by atoms with Crippen LogP contribution in [0.2, 0.25) is 0 Å². The van der Waals surface area contributed by atoms with Crippen molar-refractivity contribution in [1.82, 2.24) is 9.13 Å². The van der Waals surface area contributed by atoms with Gasteiger partial charge in [0.1, 0.15) is 0 Å². The second-order valence-electron chi connectivity index (χ2n) is 5.57. The molecule has 4 aromatic rings. The van der Waals surface area contributed by atoms with E-state index in [2.05, 4.69) is 114 Å². The predicted octanol–water partition coefficient (Wildman–Crippen LogP) is 4.81. The molecule has 0 atom stereocenters. The summed E-state index contributed by atoms with van der Waals surface area (Å²) in [6.45, 7) is 2.12. The second kappa shape index (κ2) is 5.79. The normalized spacial score (nSPS) is 11.1. The van der Waals surface area contributed by atoms with Gasteiger partial charge in [-0.25, -0.2) is 0 Å². The fourth-order valence-corrected chi connectivity index (χ4v) is 4.01. The monoisotopic (exact) mass is 479 g/mol. The van der Waals surface area contributed by atoms with Crippen molar-refractivity contribution in [2.24, 2.45) is 0 Å². The van der Waals surface area contributed by atoms with Gasteiger partial charge in [-0.05, 0) is 0 Å². The van der Waals surface area contributed by atoms with E-state index >= 15 is 0 Å². The number of para-hydroxylation sites is 3. The number of fused-ring (bicyclic) bond motifs is 1. The molecular weight excluding hydrogens is 463 g/mol. The van der Waals surface area contributed by atoms with Crippen LogP contribution in [-0.4, -0.2) is 9.13 Å². The van der Waals surface area contributed by atoms with E-state index in [9.17, 15) is 0 Å². The first kappa shape index (κ1) is 14.4. The summed E-state index contributed by atoms with van der Waals surface area (Å²) in [5.41, 5.74) is 6.07. The van der Waals surface area contributed by atoms with Crippen LogP contribution in [0.5, 0.6) is 0 Å². The van der Waals surface area contributed by atoms with Crippen molar-refractivity contribution in [3.8, 4) is 11.4 Å². The van der Waals surface area contributed by atoms with Gasteiger partial charge in [0.25, 0.3) is 0 Å². The van der Waals surface area contributed by atoms with Crippen LogP contribution in [0.15, 0.2) is 78.9 Å². The van der Waals surface area contributed by atoms with E-state index in [4.69, 9.17) is 0 Å². The molecule has 116 valence electrons. The van der Waals surface area contributed by atoms with E-state index < -0.39 is 0 Å². The van der Waals surface area contributed by atoms with Gasteiger partial charge in [-0.2, -0.15) is 0 Å². The summed E-state index contributed by atoms with van der Waals surface area (Å²) in [4.78, 5) is 0. The summed E-state index contributed by atoms with van der Waals surface area (Å²) in [7, 11) is 0. The summed E-state index contributed by atoms with van der Waals surface area (Å²) in [5.74, 6) is 0. The molecule has 3 aromatic carbocycles. The zero-order valence-electron chi connectivity index (χ0n) is 12.7. The Bertz CT molecular complexity index is 1020. The third-order valence-corrected chi connectivity index (χ3v) is 5.03. The number of rotatable bonds is 2. The summed E-state index contributed by atoms with van der Waals surface area (Å²) in [6.07, 6.45) is 0. The number of aromatic nitrogens is 2. The first-order chi connectivity index (χ1) is 11.3. The Morgan fingerprint density at radius 3 is 1.65 bits per heavy atom. The van der Waals surface area contributed by atoms with Crippen LogP contribution < -0.4 is 0 Å². The molecule has 0 saturated carbocycles. The Kier molecular flexibility index (Phi) is 3.63. The van der Waals surface area contributed by atoms with Gasteiger partial charge in [-0.15, -0.1) is 0 Å². The molecule has 0 amide bonds. The van der Waals surface area contributed by atoms with Crippen LogP contribution in [0.25, 0.3) is 22.4 Å². The molecule has 23 heavy (non-hydrogen) atoms. The standard InChI is InChI=1S/C20H16N2.Pt/c1-16-11-13-18(14-12-16)22-15-21(17-7-3-2-4-8-17)19-9-5-6-10-20(19)22;/h2-14H,1H3;. The Morgan fingerprint density at radius 2 is 1.09 bits per heavy atom. The summed E-state index contributed by atoms with van der Waals surface area (Å²) < 4.78 is 5.78. The van der Waals surface area contributed by atoms with Crippen molar-refractivity contribution < 1.29 is 19.4 Å². The second-order valence-corrected chi connectivity index (χ2v) is 6.59. The van der Waals surface area contributed by atoms with Crippen LogP contribution in [0.3, 0.4) is 0 Å². The zero-order chi connectivity index (χ0) is 15.8. The molecule has 0 fully saturated rings. The van der Waals surface area contributed by atoms with Crippen LogP contribution in [0, 0.1) is 10.7 Å². The molecular formula is C20H16N2Pt. The van der Waals surface area contributed by atoms with Crippen molar-refractivity contribution in [1.29, 1.82) is 0 Å². The van der Waals surface area contributed by atoms with E-state index in [0.717, 1.165) is 0 Å². The minimum absolute atomic E-state index is 1.17. The Labute approximate surface area is 146 Å². The molecule has 0 radical (unpaired) electrons. The fourth-order valence-electron chi connectivity index (χ4n) is 2.87. The molecule has 0 unspecified atom stereocenters. The van der Waals surface area contributed by atoms with Gasteiger partial charge in [-0.3, -0.25) is 0 Å². The molecule has 1 aromatic heterocycles. The predicted molar refractivity (Wildman–Crippen MR) is 90.6 cm³/mol. The number of imidazole rings is 1. The van der Waals surface area contributed by atoms with Crippen LogP contribution >= 0.6 is 0 Å². The molecule has 1 heterocycles. The third-order valence-electron chi connectivity index (χ3n) is 4.01. The van der Waals surface area contributed by atoms with Gasteiger partial charge in [0, 0.05) is 0 Å². The molecule has 0 saturated heterocycles. The van der Waals surface area contributed by atoms with Crippen LogP contribution in [-0.2, 0) is 19.4 Å². The maximum absolute atomic E-state index is 2.42. The van der Waals surface area contributed by atoms with Crippen molar-refractivity contribution in [2.75, 3.05) is 0 Å². The molecule has 3 heteroatoms. The topological polar surface area (TPSA) is 9.86 Å². The average Bonchev–Trinajstić information content (AvgIpc) is 2.88. The SMILES string of the molecule is Cc1ccc(-n2[c](=[Pt])n(-c3ccccc3)c3ccccc32)cc1. The molecule has 4 rings (SSSR count). The molecule has 0 aliphatic rings. The third kappa shape index (κ3) is 2.44. The molecule has 0 spiro atoms. The zero-order valence-corrected chi connectivity index (χ0v) is 15.0. The molecule has 0 aliphatic carbocycles. The number of hydrogen-bond donors (Lipinski definition) is 0. The van der Waals surface area contributed by atoms with Gasteiger partial charge >= 0.3 is 146 Å². The summed E-state index contributed by atoms with van der Waals surface area (Å²) >= 11 is 2.42. The van der Waals surface area contributed by atoms with Crippen molar-refractivity contribution in [2.45, 2.75) is 6.92 Å². The molecule has 0 N–H and O–H groups in total. The quantitative estimate of drug-likeness (QED) is 0.391. The Balaban J connectivity index is 2.09. The first-order valence-electron chi connectivity index (χ1n) is 7.56. The van der Waals surface area contributed by atoms with Gasteiger partial charge in [0.2, 0.25) is 0 Å². The van der Waals surface area contributed by atoms with Crippen LogP contribution in [0.4, 0.5) is 0 Å². The van der Waals surface area contributed by atoms with Crippen molar-refractivity contribution in [3.05, 3.63) is 88.2 Å². The molecule has 0 bridgehead atoms. The van der Waals surface area contributed by atoms with Crippen LogP contribution in [0.1, 0.15) is 5.56 Å². The fraction of sp³-hybridized carbons (Fsp3) is 0.0500. The van der Waals surface area contributed by atoms with Gasteiger partial charge < -0.3 is 0 Å². The van der Waals surface area contributed by atoms with E-state index in [1.807, 2.05) is 0 Å². The summed E-state index contributed by atoms with van der Waals surface area (Å²) in [6, 6.07) is 27.7. The van der Waals surface area contributed by atoms with E-state index in [1.165, 1.54) is 31.8 Å². The van der Waals surface area contributed by atoms with E-state index in [-0.39, 0.29) is 0 Å². The number of nitrogens with zero attached hydrogens (tertiary/aromatic N) is 2. The number of benzene rings is 3. The van der Waals surface area contributed by atoms with E-state index in [0.29, 0.717) is 0 Å². The van der Waals surface area contributed by atoms with Crippen molar-refractivity contribution in [3.63, 3.8) is 0 Å². The molecule has 2 nitrogen and oxygen atoms in total. The van der Waals surface area contributed by atoms with Crippen molar-refractivity contribution >= 4 is 11.0 Å². The van der Waals surface area contributed by atoms with Gasteiger partial charge in [0.05, 0.1) is 0 Å². The molecule has 0 aliphatic heterocycles. The average molecular weight is 479 g/mol. The Hall–Kier alpha value is -2.18. The Morgan fingerprint density at radius 1 is 0.609 bits per heavy atom. The number of hydrogen-bond acceptors (Lipinski definition) is 0. The number of aryl methyl sites for hydroxylation is 1.